The maximum absolute atomic E-state index is 8.67. The molecule has 0 aromatic carbocycles. The predicted octanol–water partition coefficient (Wildman–Crippen LogP) is 3.36. The number of hydrogen-bond donors (Lipinski definition) is 0. The number of nitriles is 1. The molecule has 0 fully saturated rings. The van der Waals surface area contributed by atoms with Gasteiger partial charge in [-0.2, -0.15) is 5.26 Å². The van der Waals surface area contributed by atoms with Gasteiger partial charge in [0.1, 0.15) is 10.7 Å². The van der Waals surface area contributed by atoms with E-state index in [1.807, 2.05) is 33.8 Å². The van der Waals surface area contributed by atoms with E-state index < -0.39 is 0 Å². The van der Waals surface area contributed by atoms with Crippen molar-refractivity contribution >= 4 is 15.9 Å². The van der Waals surface area contributed by atoms with Crippen LogP contribution in [0, 0.1) is 25.2 Å². The van der Waals surface area contributed by atoms with Crippen LogP contribution in [0.1, 0.15) is 30.7 Å². The third-order valence-corrected chi connectivity index (χ3v) is 1.99. The lowest BCUT2D eigenvalue weighted by Crippen LogP contribution is -1.90. The first kappa shape index (κ1) is 12.1. The second-order valence-electron chi connectivity index (χ2n) is 2.36. The SMILES string of the molecule is CC.Cc1cc(C)c(C#N)c(Br)n1. The zero-order valence-electron chi connectivity index (χ0n) is 8.35. The lowest BCUT2D eigenvalue weighted by Gasteiger charge is -2.00. The Labute approximate surface area is 87.7 Å². The van der Waals surface area contributed by atoms with Gasteiger partial charge in [-0.3, -0.25) is 0 Å². The fourth-order valence-corrected chi connectivity index (χ4v) is 1.61. The van der Waals surface area contributed by atoms with Crippen molar-refractivity contribution in [3.8, 4) is 6.07 Å². The van der Waals surface area contributed by atoms with Gasteiger partial charge in [-0.05, 0) is 41.4 Å². The monoisotopic (exact) mass is 240 g/mol. The Kier molecular flexibility index (Phi) is 5.33. The average Bonchev–Trinajstić information content (AvgIpc) is 2.07. The third kappa shape index (κ3) is 3.16. The van der Waals surface area contributed by atoms with Crippen molar-refractivity contribution in [3.63, 3.8) is 0 Å². The minimum atomic E-state index is 0.621. The number of rotatable bonds is 0. The Morgan fingerprint density at radius 3 is 2.31 bits per heavy atom. The molecule has 0 N–H and O–H groups in total. The topological polar surface area (TPSA) is 36.7 Å². The van der Waals surface area contributed by atoms with E-state index in [0.717, 1.165) is 11.3 Å². The molecule has 13 heavy (non-hydrogen) atoms. The molecule has 0 aliphatic rings. The van der Waals surface area contributed by atoms with Gasteiger partial charge in [0.25, 0.3) is 0 Å². The molecular formula is C10H13BrN2. The van der Waals surface area contributed by atoms with E-state index in [9.17, 15) is 0 Å². The van der Waals surface area contributed by atoms with Gasteiger partial charge in [0, 0.05) is 5.69 Å². The zero-order valence-corrected chi connectivity index (χ0v) is 9.94. The van der Waals surface area contributed by atoms with Crippen molar-refractivity contribution in [2.75, 3.05) is 0 Å². The standard InChI is InChI=1S/C8H7BrN2.C2H6/c1-5-3-6(2)11-8(9)7(5)4-10;1-2/h3H,1-2H3;1-2H3. The van der Waals surface area contributed by atoms with Gasteiger partial charge in [0.15, 0.2) is 0 Å². The molecule has 0 aliphatic heterocycles. The molecule has 0 atom stereocenters. The molecule has 2 nitrogen and oxygen atoms in total. The zero-order chi connectivity index (χ0) is 10.4. The highest BCUT2D eigenvalue weighted by Gasteiger charge is 2.03. The molecule has 0 saturated heterocycles. The van der Waals surface area contributed by atoms with Crippen LogP contribution in [0.2, 0.25) is 0 Å². The summed E-state index contributed by atoms with van der Waals surface area (Å²) in [5, 5.41) is 8.67. The number of halogens is 1. The Hall–Kier alpha value is -0.880. The highest BCUT2D eigenvalue weighted by atomic mass is 79.9. The molecule has 0 aliphatic carbocycles. The number of aryl methyl sites for hydroxylation is 2. The van der Waals surface area contributed by atoms with Crippen LogP contribution in [0.4, 0.5) is 0 Å². The summed E-state index contributed by atoms with van der Waals surface area (Å²) in [5.41, 5.74) is 2.51. The van der Waals surface area contributed by atoms with Crippen LogP contribution in [0.25, 0.3) is 0 Å². The predicted molar refractivity (Wildman–Crippen MR) is 57.5 cm³/mol. The van der Waals surface area contributed by atoms with Gasteiger partial charge in [-0.1, -0.05) is 13.8 Å². The minimum Gasteiger partial charge on any atom is -0.245 e. The van der Waals surface area contributed by atoms with Crippen LogP contribution in [0.5, 0.6) is 0 Å². The molecule has 0 unspecified atom stereocenters. The molecule has 1 aromatic heterocycles. The number of aromatic nitrogens is 1. The van der Waals surface area contributed by atoms with E-state index >= 15 is 0 Å². The molecule has 1 heterocycles. The molecule has 3 heteroatoms. The van der Waals surface area contributed by atoms with Gasteiger partial charge < -0.3 is 0 Å². The highest BCUT2D eigenvalue weighted by Crippen LogP contribution is 2.17. The smallest absolute Gasteiger partial charge is 0.124 e. The Morgan fingerprint density at radius 2 is 1.92 bits per heavy atom. The maximum atomic E-state index is 8.67. The summed E-state index contributed by atoms with van der Waals surface area (Å²) < 4.78 is 0.637. The van der Waals surface area contributed by atoms with Crippen LogP contribution in [-0.4, -0.2) is 4.98 Å². The van der Waals surface area contributed by atoms with Crippen LogP contribution in [0.15, 0.2) is 10.7 Å². The lowest BCUT2D eigenvalue weighted by atomic mass is 10.1. The summed E-state index contributed by atoms with van der Waals surface area (Å²) in [5.74, 6) is 0. The van der Waals surface area contributed by atoms with Crippen molar-refractivity contribution in [1.29, 1.82) is 5.26 Å². The van der Waals surface area contributed by atoms with Crippen molar-refractivity contribution in [2.45, 2.75) is 27.7 Å². The van der Waals surface area contributed by atoms with Crippen molar-refractivity contribution in [2.24, 2.45) is 0 Å². The van der Waals surface area contributed by atoms with E-state index in [1.165, 1.54) is 0 Å². The van der Waals surface area contributed by atoms with Gasteiger partial charge in [-0.15, -0.1) is 0 Å². The molecule has 0 saturated carbocycles. The first-order valence-electron chi connectivity index (χ1n) is 4.19. The van der Waals surface area contributed by atoms with Gasteiger partial charge >= 0.3 is 0 Å². The third-order valence-electron chi connectivity index (χ3n) is 1.41. The van der Waals surface area contributed by atoms with E-state index in [4.69, 9.17) is 5.26 Å². The normalized spacial score (nSPS) is 8.31. The molecule has 0 bridgehead atoms. The van der Waals surface area contributed by atoms with Crippen LogP contribution in [-0.2, 0) is 0 Å². The summed E-state index contributed by atoms with van der Waals surface area (Å²) in [6, 6.07) is 3.97. The molecule has 0 spiro atoms. The molecule has 0 radical (unpaired) electrons. The van der Waals surface area contributed by atoms with Gasteiger partial charge in [0.05, 0.1) is 5.56 Å². The van der Waals surface area contributed by atoms with E-state index in [0.29, 0.717) is 10.2 Å². The van der Waals surface area contributed by atoms with Crippen molar-refractivity contribution < 1.29 is 0 Å². The largest absolute Gasteiger partial charge is 0.245 e. The first-order chi connectivity index (χ1) is 6.15. The average molecular weight is 241 g/mol. The van der Waals surface area contributed by atoms with Gasteiger partial charge in [-0.25, -0.2) is 4.98 Å². The Morgan fingerprint density at radius 1 is 1.38 bits per heavy atom. The molecule has 0 amide bonds. The second-order valence-corrected chi connectivity index (χ2v) is 3.11. The molecule has 1 aromatic rings. The first-order valence-corrected chi connectivity index (χ1v) is 4.98. The van der Waals surface area contributed by atoms with Crippen LogP contribution in [0.3, 0.4) is 0 Å². The van der Waals surface area contributed by atoms with Crippen LogP contribution < -0.4 is 0 Å². The second kappa shape index (κ2) is 5.71. The molecule has 70 valence electrons. The fraction of sp³-hybridized carbons (Fsp3) is 0.400. The summed E-state index contributed by atoms with van der Waals surface area (Å²) in [4.78, 5) is 4.10. The maximum Gasteiger partial charge on any atom is 0.124 e. The highest BCUT2D eigenvalue weighted by molar-refractivity contribution is 9.10. The lowest BCUT2D eigenvalue weighted by molar-refractivity contribution is 1.13. The van der Waals surface area contributed by atoms with Crippen LogP contribution >= 0.6 is 15.9 Å². The van der Waals surface area contributed by atoms with Gasteiger partial charge in [0.2, 0.25) is 0 Å². The summed E-state index contributed by atoms with van der Waals surface area (Å²) >= 11 is 3.22. The van der Waals surface area contributed by atoms with E-state index in [-0.39, 0.29) is 0 Å². The number of hydrogen-bond acceptors (Lipinski definition) is 2. The van der Waals surface area contributed by atoms with Crippen molar-refractivity contribution in [1.82, 2.24) is 4.98 Å². The van der Waals surface area contributed by atoms with E-state index in [1.54, 1.807) is 0 Å². The minimum absolute atomic E-state index is 0.621. The molecule has 1 rings (SSSR count). The number of nitrogens with zero attached hydrogens (tertiary/aromatic N) is 2. The van der Waals surface area contributed by atoms with E-state index in [2.05, 4.69) is 27.0 Å². The summed E-state index contributed by atoms with van der Waals surface area (Å²) in [6.45, 7) is 7.80. The quantitative estimate of drug-likeness (QED) is 0.653. The molecular weight excluding hydrogens is 228 g/mol. The number of pyridine rings is 1. The summed E-state index contributed by atoms with van der Waals surface area (Å²) in [6.07, 6.45) is 0. The Bertz CT molecular complexity index is 303. The van der Waals surface area contributed by atoms with Crippen molar-refractivity contribution in [3.05, 3.63) is 27.5 Å². The Balaban J connectivity index is 0.000000671. The summed E-state index contributed by atoms with van der Waals surface area (Å²) in [7, 11) is 0. The fourth-order valence-electron chi connectivity index (χ4n) is 0.926.